The number of hydrogen-bond acceptors (Lipinski definition) is 4. The van der Waals surface area contributed by atoms with Gasteiger partial charge in [-0.3, -0.25) is 4.79 Å². The van der Waals surface area contributed by atoms with Gasteiger partial charge in [0, 0.05) is 17.2 Å². The number of halogens is 2. The van der Waals surface area contributed by atoms with Crippen molar-refractivity contribution in [1.29, 1.82) is 0 Å². The number of carbonyl (C=O) groups excluding carboxylic acids is 2. The van der Waals surface area contributed by atoms with E-state index in [-0.39, 0.29) is 23.2 Å². The number of benzene rings is 1. The van der Waals surface area contributed by atoms with E-state index in [2.05, 4.69) is 20.9 Å². The fourth-order valence-corrected chi connectivity index (χ4v) is 2.75. The van der Waals surface area contributed by atoms with Gasteiger partial charge in [0.25, 0.3) is 5.91 Å². The van der Waals surface area contributed by atoms with Gasteiger partial charge in [-0.1, -0.05) is 23.7 Å². The second-order valence-corrected chi connectivity index (χ2v) is 6.05. The normalized spacial score (nSPS) is 10.3. The van der Waals surface area contributed by atoms with Gasteiger partial charge in [-0.05, 0) is 48.0 Å². The summed E-state index contributed by atoms with van der Waals surface area (Å²) >= 11 is 9.34. The lowest BCUT2D eigenvalue weighted by Crippen LogP contribution is -2.32. The van der Waals surface area contributed by atoms with Crippen molar-refractivity contribution in [3.8, 4) is 0 Å². The molecule has 2 aromatic rings. The van der Waals surface area contributed by atoms with Crippen LogP contribution >= 0.6 is 27.5 Å². The summed E-state index contributed by atoms with van der Waals surface area (Å²) in [6.07, 6.45) is 1.52. The molecule has 0 aliphatic carbocycles. The number of carbonyl (C=O) groups is 2. The number of esters is 1. The van der Waals surface area contributed by atoms with E-state index in [1.54, 1.807) is 37.3 Å². The Labute approximate surface area is 153 Å². The number of ether oxygens (including phenoxy) is 1. The quantitative estimate of drug-likeness (QED) is 0.542. The molecule has 0 N–H and O–H groups in total. The molecule has 1 aromatic heterocycles. The van der Waals surface area contributed by atoms with Crippen LogP contribution in [0.5, 0.6) is 0 Å². The van der Waals surface area contributed by atoms with E-state index < -0.39 is 5.97 Å². The van der Waals surface area contributed by atoms with Crippen molar-refractivity contribution in [2.24, 2.45) is 0 Å². The molecule has 0 saturated heterocycles. The molecule has 0 unspecified atom stereocenters. The predicted octanol–water partition coefficient (Wildman–Crippen LogP) is 4.34. The Kier molecular flexibility index (Phi) is 6.34. The minimum absolute atomic E-state index is 0.107. The maximum Gasteiger partial charge on any atom is 0.340 e. The van der Waals surface area contributed by atoms with Crippen LogP contribution in [0.15, 0.2) is 41.0 Å². The third kappa shape index (κ3) is 3.94. The van der Waals surface area contributed by atoms with Crippen molar-refractivity contribution in [2.75, 3.05) is 18.1 Å². The molecule has 24 heavy (non-hydrogen) atoms. The maximum atomic E-state index is 12.9. The Morgan fingerprint density at radius 2 is 1.96 bits per heavy atom. The zero-order valence-electron chi connectivity index (χ0n) is 13.3. The molecule has 1 aromatic carbocycles. The topological polar surface area (TPSA) is 59.5 Å². The summed E-state index contributed by atoms with van der Waals surface area (Å²) in [7, 11) is 0. The number of hydrogen-bond donors (Lipinski definition) is 0. The van der Waals surface area contributed by atoms with Crippen LogP contribution in [0.3, 0.4) is 0 Å². The minimum atomic E-state index is -0.474. The SMILES string of the molecule is CCOC(=O)c1ccccc1N(CC)C(=O)c1cc(Br)cnc1Cl. The predicted molar refractivity (Wildman–Crippen MR) is 96.7 cm³/mol. The Hall–Kier alpha value is -1.92. The zero-order chi connectivity index (χ0) is 17.7. The number of nitrogens with zero attached hydrogens (tertiary/aromatic N) is 2. The van der Waals surface area contributed by atoms with Crippen LogP contribution < -0.4 is 4.90 Å². The van der Waals surface area contributed by atoms with Crippen LogP contribution in [0.1, 0.15) is 34.6 Å². The van der Waals surface area contributed by atoms with E-state index in [1.807, 2.05) is 6.92 Å². The fourth-order valence-electron chi connectivity index (χ4n) is 2.23. The maximum absolute atomic E-state index is 12.9. The number of anilines is 1. The molecule has 0 radical (unpaired) electrons. The van der Waals surface area contributed by atoms with E-state index in [4.69, 9.17) is 16.3 Å². The van der Waals surface area contributed by atoms with E-state index in [9.17, 15) is 9.59 Å². The van der Waals surface area contributed by atoms with E-state index in [1.165, 1.54) is 11.1 Å². The van der Waals surface area contributed by atoms with Crippen LogP contribution in [0.2, 0.25) is 5.15 Å². The van der Waals surface area contributed by atoms with Gasteiger partial charge in [-0.2, -0.15) is 0 Å². The van der Waals surface area contributed by atoms with E-state index >= 15 is 0 Å². The summed E-state index contributed by atoms with van der Waals surface area (Å²) in [4.78, 5) is 30.5. The molecule has 126 valence electrons. The van der Waals surface area contributed by atoms with Crippen LogP contribution in [0.25, 0.3) is 0 Å². The summed E-state index contributed by atoms with van der Waals surface area (Å²) < 4.78 is 5.71. The first-order valence-corrected chi connectivity index (χ1v) is 8.55. The molecule has 2 rings (SSSR count). The average molecular weight is 412 g/mol. The summed E-state index contributed by atoms with van der Waals surface area (Å²) in [6, 6.07) is 8.42. The minimum Gasteiger partial charge on any atom is -0.462 e. The first kappa shape index (κ1) is 18.4. The summed E-state index contributed by atoms with van der Waals surface area (Å²) in [5.41, 5.74) is 1.06. The highest BCUT2D eigenvalue weighted by Gasteiger charge is 2.24. The van der Waals surface area contributed by atoms with Crippen molar-refractivity contribution in [1.82, 2.24) is 4.98 Å². The fraction of sp³-hybridized carbons (Fsp3) is 0.235. The van der Waals surface area contributed by atoms with Gasteiger partial charge >= 0.3 is 5.97 Å². The molecular weight excluding hydrogens is 396 g/mol. The van der Waals surface area contributed by atoms with Gasteiger partial charge in [0.2, 0.25) is 0 Å². The smallest absolute Gasteiger partial charge is 0.340 e. The van der Waals surface area contributed by atoms with Crippen molar-refractivity contribution in [3.63, 3.8) is 0 Å². The van der Waals surface area contributed by atoms with Crippen LogP contribution in [0.4, 0.5) is 5.69 Å². The summed E-state index contributed by atoms with van der Waals surface area (Å²) in [6.45, 7) is 4.17. The van der Waals surface area contributed by atoms with Gasteiger partial charge in [0.1, 0.15) is 5.15 Å². The van der Waals surface area contributed by atoms with Gasteiger partial charge in [-0.15, -0.1) is 0 Å². The van der Waals surface area contributed by atoms with Crippen LogP contribution in [-0.2, 0) is 4.74 Å². The monoisotopic (exact) mass is 410 g/mol. The summed E-state index contributed by atoms with van der Waals surface area (Å²) in [5, 5.41) is 0.107. The molecular formula is C17H16BrClN2O3. The van der Waals surface area contributed by atoms with Crippen LogP contribution in [-0.4, -0.2) is 30.0 Å². The number of para-hydroxylation sites is 1. The average Bonchev–Trinajstić information content (AvgIpc) is 2.58. The Morgan fingerprint density at radius 1 is 1.25 bits per heavy atom. The van der Waals surface area contributed by atoms with Crippen molar-refractivity contribution < 1.29 is 14.3 Å². The lowest BCUT2D eigenvalue weighted by atomic mass is 10.1. The molecule has 0 atom stereocenters. The largest absolute Gasteiger partial charge is 0.462 e. The van der Waals surface area contributed by atoms with Gasteiger partial charge in [0.05, 0.1) is 23.4 Å². The number of aromatic nitrogens is 1. The third-order valence-corrected chi connectivity index (χ3v) is 4.02. The first-order chi connectivity index (χ1) is 11.5. The lowest BCUT2D eigenvalue weighted by Gasteiger charge is -2.23. The second kappa shape index (κ2) is 8.26. The third-order valence-electron chi connectivity index (χ3n) is 3.29. The first-order valence-electron chi connectivity index (χ1n) is 7.38. The second-order valence-electron chi connectivity index (χ2n) is 4.78. The standard InChI is InChI=1S/C17H16BrClN2O3/c1-3-21(16(22)13-9-11(18)10-20-15(13)19)14-8-6-5-7-12(14)17(23)24-4-2/h5-10H,3-4H2,1-2H3. The molecule has 0 spiro atoms. The number of amides is 1. The molecule has 0 saturated carbocycles. The van der Waals surface area contributed by atoms with E-state index in [0.717, 1.165) is 0 Å². The molecule has 1 heterocycles. The Morgan fingerprint density at radius 3 is 2.62 bits per heavy atom. The lowest BCUT2D eigenvalue weighted by molar-refractivity contribution is 0.0527. The molecule has 0 bridgehead atoms. The molecule has 5 nitrogen and oxygen atoms in total. The van der Waals surface area contributed by atoms with Crippen LogP contribution in [0, 0.1) is 0 Å². The Bertz CT molecular complexity index is 767. The highest BCUT2D eigenvalue weighted by Crippen LogP contribution is 2.26. The highest BCUT2D eigenvalue weighted by molar-refractivity contribution is 9.10. The van der Waals surface area contributed by atoms with E-state index in [0.29, 0.717) is 22.3 Å². The van der Waals surface area contributed by atoms with Crippen molar-refractivity contribution in [3.05, 3.63) is 57.3 Å². The molecule has 0 fully saturated rings. The van der Waals surface area contributed by atoms with Gasteiger partial charge < -0.3 is 9.64 Å². The van der Waals surface area contributed by atoms with Crippen molar-refractivity contribution >= 4 is 45.1 Å². The molecule has 0 aliphatic heterocycles. The number of rotatable bonds is 5. The van der Waals surface area contributed by atoms with Crippen molar-refractivity contribution in [2.45, 2.75) is 13.8 Å². The molecule has 7 heteroatoms. The molecule has 0 aliphatic rings. The zero-order valence-corrected chi connectivity index (χ0v) is 15.6. The van der Waals surface area contributed by atoms with Gasteiger partial charge in [0.15, 0.2) is 0 Å². The number of pyridine rings is 1. The van der Waals surface area contributed by atoms with Gasteiger partial charge in [-0.25, -0.2) is 9.78 Å². The Balaban J connectivity index is 2.47. The molecule has 1 amide bonds. The highest BCUT2D eigenvalue weighted by atomic mass is 79.9. The summed E-state index contributed by atoms with van der Waals surface area (Å²) in [5.74, 6) is -0.814.